The van der Waals surface area contributed by atoms with E-state index in [0.717, 1.165) is 72.5 Å². The van der Waals surface area contributed by atoms with Crippen molar-refractivity contribution in [2.24, 2.45) is 0 Å². The van der Waals surface area contributed by atoms with Crippen LogP contribution in [0.4, 0.5) is 26.3 Å². The highest BCUT2D eigenvalue weighted by atomic mass is 32.1. The lowest BCUT2D eigenvalue weighted by atomic mass is 9.95. The van der Waals surface area contributed by atoms with Crippen LogP contribution in [0.25, 0.3) is 10.2 Å². The Bertz CT molecular complexity index is 1630. The lowest BCUT2D eigenvalue weighted by Crippen LogP contribution is -2.45. The first kappa shape index (κ1) is 44.8. The maximum absolute atomic E-state index is 13.4. The van der Waals surface area contributed by atoms with Gasteiger partial charge in [-0.3, -0.25) is 9.59 Å². The molecule has 7 N–H and O–H groups in total. The van der Waals surface area contributed by atoms with E-state index in [1.165, 1.54) is 32.1 Å². The summed E-state index contributed by atoms with van der Waals surface area (Å²) >= 11 is 1.13. The lowest BCUT2D eigenvalue weighted by molar-refractivity contribution is -0.193. The molecule has 2 aromatic carbocycles. The fourth-order valence-corrected chi connectivity index (χ4v) is 6.38. The number of thiazole rings is 1. The highest BCUT2D eigenvalue weighted by Crippen LogP contribution is 2.28. The van der Waals surface area contributed by atoms with Gasteiger partial charge in [0, 0.05) is 32.1 Å². The van der Waals surface area contributed by atoms with E-state index in [-0.39, 0.29) is 22.3 Å². The number of phenols is 2. The second-order valence-corrected chi connectivity index (χ2v) is 13.1. The molecule has 1 aliphatic carbocycles. The van der Waals surface area contributed by atoms with E-state index in [9.17, 15) is 46.1 Å². The van der Waals surface area contributed by atoms with Crippen LogP contribution in [0, 0.1) is 0 Å². The standard InChI is InChI=1S/C30H42N4O4S.2C2HF3O2/c35-25-10-6-7-22(21-25)13-16-31-18-15-27(37)34(24-8-4-2-1-3-5-9-24)20-19-32-17-14-23-11-12-26(36)28-29(23)39-30(38)33-28;2*3-2(4,5)1(6)7/h6-7,10-12,21,24,31-32,35-36H,1-5,8-9,13-20H2,(H,33,38);2*(H,6,7). The molecule has 1 aromatic heterocycles. The van der Waals surface area contributed by atoms with Gasteiger partial charge in [0.1, 0.15) is 17.0 Å². The molecule has 53 heavy (non-hydrogen) atoms. The van der Waals surface area contributed by atoms with Crippen LogP contribution in [0.1, 0.15) is 62.5 Å². The molecule has 0 radical (unpaired) electrons. The molecule has 0 atom stereocenters. The van der Waals surface area contributed by atoms with Gasteiger partial charge in [-0.15, -0.1) is 0 Å². The Morgan fingerprint density at radius 1 is 0.811 bits per heavy atom. The molecule has 0 spiro atoms. The van der Waals surface area contributed by atoms with Gasteiger partial charge in [0.05, 0.1) is 4.70 Å². The molecule has 1 amide bonds. The van der Waals surface area contributed by atoms with Gasteiger partial charge in [-0.05, 0) is 68.1 Å². The number of carbonyl (C=O) groups is 3. The SMILES string of the molecule is O=C(CCNCCc1cccc(O)c1)N(CCNCCc1ccc(O)c2[nH]c(=O)sc12)C1CCCCCCC1.O=C(O)C(F)(F)F.O=C(O)C(F)(F)F. The van der Waals surface area contributed by atoms with Crippen molar-refractivity contribution in [3.8, 4) is 11.5 Å². The van der Waals surface area contributed by atoms with E-state index in [1.54, 1.807) is 18.2 Å². The molecule has 1 fully saturated rings. The molecule has 0 bridgehead atoms. The van der Waals surface area contributed by atoms with E-state index >= 15 is 0 Å². The summed E-state index contributed by atoms with van der Waals surface area (Å²) in [6.45, 7) is 3.55. The number of aromatic amines is 1. The number of aromatic nitrogens is 1. The van der Waals surface area contributed by atoms with E-state index in [4.69, 9.17) is 19.8 Å². The molecule has 3 aromatic rings. The molecule has 19 heteroatoms. The number of alkyl halides is 6. The zero-order valence-corrected chi connectivity index (χ0v) is 29.5. The van der Waals surface area contributed by atoms with Crippen LogP contribution in [0.5, 0.6) is 11.5 Å². The quantitative estimate of drug-likeness (QED) is 0.0853. The van der Waals surface area contributed by atoms with Gasteiger partial charge in [0.15, 0.2) is 0 Å². The minimum atomic E-state index is -5.08. The van der Waals surface area contributed by atoms with E-state index in [0.29, 0.717) is 31.1 Å². The number of rotatable bonds is 13. The predicted octanol–water partition coefficient (Wildman–Crippen LogP) is 5.56. The number of hydrogen-bond acceptors (Lipinski definition) is 9. The van der Waals surface area contributed by atoms with Crippen molar-refractivity contribution in [2.75, 3.05) is 32.7 Å². The van der Waals surface area contributed by atoms with Crippen molar-refractivity contribution in [3.63, 3.8) is 0 Å². The number of H-pyrrole nitrogens is 1. The van der Waals surface area contributed by atoms with Crippen molar-refractivity contribution in [1.29, 1.82) is 0 Å². The maximum atomic E-state index is 13.4. The maximum Gasteiger partial charge on any atom is 0.490 e. The number of amides is 1. The van der Waals surface area contributed by atoms with Crippen molar-refractivity contribution in [2.45, 2.75) is 82.6 Å². The molecule has 296 valence electrons. The molecule has 4 rings (SSSR count). The summed E-state index contributed by atoms with van der Waals surface area (Å²) in [7, 11) is 0. The summed E-state index contributed by atoms with van der Waals surface area (Å²) in [5.74, 6) is -4.92. The Balaban J connectivity index is 0.000000587. The summed E-state index contributed by atoms with van der Waals surface area (Å²) in [5, 5.41) is 40.8. The lowest BCUT2D eigenvalue weighted by Gasteiger charge is -2.33. The number of aromatic hydroxyl groups is 2. The molecule has 1 aliphatic rings. The van der Waals surface area contributed by atoms with Gasteiger partial charge in [-0.1, -0.05) is 61.6 Å². The Morgan fingerprint density at radius 3 is 1.96 bits per heavy atom. The number of hydrogen-bond donors (Lipinski definition) is 7. The van der Waals surface area contributed by atoms with Crippen LogP contribution in [0.3, 0.4) is 0 Å². The summed E-state index contributed by atoms with van der Waals surface area (Å²) in [4.78, 5) is 47.6. The summed E-state index contributed by atoms with van der Waals surface area (Å²) in [6, 6.07) is 11.1. The zero-order chi connectivity index (χ0) is 39.6. The molecule has 1 heterocycles. The number of phenolic OH excluding ortho intramolecular Hbond substituents is 2. The van der Waals surface area contributed by atoms with Crippen LogP contribution in [0.2, 0.25) is 0 Å². The van der Waals surface area contributed by atoms with Crippen LogP contribution in [-0.4, -0.2) is 99.3 Å². The normalized spacial score (nSPS) is 13.8. The van der Waals surface area contributed by atoms with E-state index in [1.807, 2.05) is 18.2 Å². The summed E-state index contributed by atoms with van der Waals surface area (Å²) in [6.07, 6.45) is 0.181. The Morgan fingerprint density at radius 2 is 1.38 bits per heavy atom. The molecule has 0 unspecified atom stereocenters. The third kappa shape index (κ3) is 16.9. The first-order valence-electron chi connectivity index (χ1n) is 16.8. The zero-order valence-electron chi connectivity index (χ0n) is 28.7. The second kappa shape index (κ2) is 22.0. The van der Waals surface area contributed by atoms with Crippen molar-refractivity contribution >= 4 is 39.4 Å². The summed E-state index contributed by atoms with van der Waals surface area (Å²) < 4.78 is 64.3. The topological polar surface area (TPSA) is 192 Å². The van der Waals surface area contributed by atoms with Gasteiger partial charge in [0.2, 0.25) is 5.91 Å². The van der Waals surface area contributed by atoms with Gasteiger partial charge >= 0.3 is 29.2 Å². The van der Waals surface area contributed by atoms with Crippen LogP contribution < -0.4 is 15.5 Å². The van der Waals surface area contributed by atoms with Crippen LogP contribution in [-0.2, 0) is 27.2 Å². The van der Waals surface area contributed by atoms with E-state index < -0.39 is 24.3 Å². The number of benzene rings is 2. The minimum absolute atomic E-state index is 0.0993. The van der Waals surface area contributed by atoms with Crippen LogP contribution >= 0.6 is 11.3 Å². The second-order valence-electron chi connectivity index (χ2n) is 12.1. The largest absolute Gasteiger partial charge is 0.508 e. The fourth-order valence-electron chi connectivity index (χ4n) is 5.48. The molecule has 0 aliphatic heterocycles. The third-order valence-electron chi connectivity index (χ3n) is 8.08. The van der Waals surface area contributed by atoms with E-state index in [2.05, 4.69) is 20.5 Å². The average Bonchev–Trinajstić information content (AvgIpc) is 3.46. The number of carboxylic acid groups (broad SMARTS) is 2. The van der Waals surface area contributed by atoms with Crippen molar-refractivity contribution < 1.29 is 61.2 Å². The van der Waals surface area contributed by atoms with Gasteiger partial charge in [-0.25, -0.2) is 9.59 Å². The first-order chi connectivity index (χ1) is 24.9. The third-order valence-corrected chi connectivity index (χ3v) is 9.04. The Hall–Kier alpha value is -4.36. The van der Waals surface area contributed by atoms with Gasteiger partial charge < -0.3 is 40.9 Å². The number of aliphatic carboxylic acids is 2. The first-order valence-corrected chi connectivity index (χ1v) is 17.6. The number of carboxylic acids is 2. The highest BCUT2D eigenvalue weighted by molar-refractivity contribution is 7.16. The molecule has 1 saturated carbocycles. The van der Waals surface area contributed by atoms with Crippen molar-refractivity contribution in [3.05, 3.63) is 57.2 Å². The number of nitrogens with zero attached hydrogens (tertiary/aromatic N) is 1. The smallest absolute Gasteiger partial charge is 0.490 e. The molecule has 12 nitrogen and oxygen atoms in total. The monoisotopic (exact) mass is 782 g/mol. The summed E-state index contributed by atoms with van der Waals surface area (Å²) in [5.41, 5.74) is 2.62. The van der Waals surface area contributed by atoms with Gasteiger partial charge in [0.25, 0.3) is 0 Å². The number of carbonyl (C=O) groups excluding carboxylic acids is 1. The van der Waals surface area contributed by atoms with Crippen LogP contribution in [0.15, 0.2) is 41.2 Å². The number of nitrogens with one attached hydrogen (secondary N) is 3. The minimum Gasteiger partial charge on any atom is -0.508 e. The molecular weight excluding hydrogens is 738 g/mol. The highest BCUT2D eigenvalue weighted by Gasteiger charge is 2.39. The van der Waals surface area contributed by atoms with Crippen molar-refractivity contribution in [1.82, 2.24) is 20.5 Å². The Labute approximate surface area is 304 Å². The molecule has 0 saturated heterocycles. The average molecular weight is 783 g/mol. The Kier molecular flexibility index (Phi) is 18.6. The molecular formula is C34H44F6N4O8S. The number of halogens is 6. The predicted molar refractivity (Wildman–Crippen MR) is 185 cm³/mol. The number of fused-ring (bicyclic) bond motifs is 1. The van der Waals surface area contributed by atoms with Gasteiger partial charge in [-0.2, -0.15) is 26.3 Å². The fraction of sp³-hybridized carbons (Fsp3) is 0.529.